The van der Waals surface area contributed by atoms with Crippen molar-refractivity contribution in [3.8, 4) is 6.07 Å². The first-order chi connectivity index (χ1) is 8.43. The van der Waals surface area contributed by atoms with Crippen LogP contribution in [0, 0.1) is 16.7 Å². The summed E-state index contributed by atoms with van der Waals surface area (Å²) < 4.78 is 0. The van der Waals surface area contributed by atoms with Gasteiger partial charge in [-0.15, -0.1) is 11.8 Å². The highest BCUT2D eigenvalue weighted by Crippen LogP contribution is 2.26. The smallest absolute Gasteiger partial charge is 0.221 e. The van der Waals surface area contributed by atoms with Gasteiger partial charge < -0.3 is 5.32 Å². The number of nitriles is 1. The van der Waals surface area contributed by atoms with Crippen LogP contribution in [0.4, 0.5) is 5.69 Å². The molecule has 0 spiro atoms. The molecular weight excluding hydrogens is 244 g/mol. The van der Waals surface area contributed by atoms with Crippen molar-refractivity contribution in [1.82, 2.24) is 0 Å². The molecule has 0 aromatic heterocycles. The van der Waals surface area contributed by atoms with Crippen molar-refractivity contribution < 1.29 is 4.79 Å². The van der Waals surface area contributed by atoms with E-state index in [9.17, 15) is 4.79 Å². The molecule has 0 radical (unpaired) electrons. The summed E-state index contributed by atoms with van der Waals surface area (Å²) in [6.07, 6.45) is 0.863. The summed E-state index contributed by atoms with van der Waals surface area (Å²) in [5.74, 6) is 0.853. The Hall–Kier alpha value is -1.47. The summed E-state index contributed by atoms with van der Waals surface area (Å²) in [4.78, 5) is 12.0. The maximum Gasteiger partial charge on any atom is 0.221 e. The number of amides is 1. The lowest BCUT2D eigenvalue weighted by Crippen LogP contribution is -2.08. The first-order valence-corrected chi connectivity index (χ1v) is 6.83. The molecular formula is C14H18N2OS. The van der Waals surface area contributed by atoms with Crippen molar-refractivity contribution in [3.05, 3.63) is 24.3 Å². The summed E-state index contributed by atoms with van der Waals surface area (Å²) >= 11 is 1.73. The number of carbonyl (C=O) groups is 1. The molecule has 1 aromatic carbocycles. The van der Waals surface area contributed by atoms with Crippen LogP contribution in [-0.4, -0.2) is 11.7 Å². The largest absolute Gasteiger partial charge is 0.326 e. The molecule has 1 amide bonds. The van der Waals surface area contributed by atoms with Gasteiger partial charge >= 0.3 is 0 Å². The zero-order valence-electron chi connectivity index (χ0n) is 11.0. The summed E-state index contributed by atoms with van der Waals surface area (Å²) in [7, 11) is 0. The number of benzene rings is 1. The Bertz CT molecular complexity index is 446. The van der Waals surface area contributed by atoms with Crippen molar-refractivity contribution in [3.63, 3.8) is 0 Å². The number of hydrogen-bond acceptors (Lipinski definition) is 3. The molecule has 0 atom stereocenters. The Labute approximate surface area is 113 Å². The van der Waals surface area contributed by atoms with Crippen LogP contribution in [0.1, 0.15) is 27.2 Å². The third-order valence-electron chi connectivity index (χ3n) is 2.47. The molecule has 1 N–H and O–H groups in total. The highest BCUT2D eigenvalue weighted by atomic mass is 32.2. The van der Waals surface area contributed by atoms with E-state index >= 15 is 0 Å². The van der Waals surface area contributed by atoms with E-state index in [1.807, 2.05) is 38.1 Å². The van der Waals surface area contributed by atoms with Crippen LogP contribution in [0.3, 0.4) is 0 Å². The molecule has 0 fully saturated rings. The second-order valence-corrected chi connectivity index (χ2v) is 5.97. The number of anilines is 1. The second kappa shape index (κ2) is 6.46. The van der Waals surface area contributed by atoms with Gasteiger partial charge in [0.2, 0.25) is 5.91 Å². The molecule has 3 nitrogen and oxygen atoms in total. The van der Waals surface area contributed by atoms with Gasteiger partial charge in [0, 0.05) is 17.5 Å². The van der Waals surface area contributed by atoms with Crippen LogP contribution in [0.25, 0.3) is 0 Å². The highest BCUT2D eigenvalue weighted by Gasteiger charge is 2.15. The van der Waals surface area contributed by atoms with Crippen LogP contribution in [0.5, 0.6) is 0 Å². The van der Waals surface area contributed by atoms with Crippen LogP contribution in [0.15, 0.2) is 29.2 Å². The van der Waals surface area contributed by atoms with Gasteiger partial charge in [-0.25, -0.2) is 0 Å². The van der Waals surface area contributed by atoms with Gasteiger partial charge in [0.15, 0.2) is 0 Å². The van der Waals surface area contributed by atoms with Gasteiger partial charge in [-0.3, -0.25) is 4.79 Å². The third-order valence-corrected chi connectivity index (χ3v) is 3.49. The predicted octanol–water partition coefficient (Wildman–Crippen LogP) is 3.68. The molecule has 0 unspecified atom stereocenters. The Kier molecular flexibility index (Phi) is 5.24. The SMILES string of the molecule is CC(=O)Nc1ccc(SCCC(C)(C)C#N)cc1. The lowest BCUT2D eigenvalue weighted by atomic mass is 9.93. The van der Waals surface area contributed by atoms with Crippen molar-refractivity contribution >= 4 is 23.4 Å². The minimum absolute atomic E-state index is 0.0637. The number of hydrogen-bond donors (Lipinski definition) is 1. The van der Waals surface area contributed by atoms with Gasteiger partial charge in [0.05, 0.1) is 11.5 Å². The van der Waals surface area contributed by atoms with Crippen molar-refractivity contribution in [2.45, 2.75) is 32.1 Å². The molecule has 18 heavy (non-hydrogen) atoms. The number of rotatable bonds is 5. The average molecular weight is 262 g/mol. The number of thioether (sulfide) groups is 1. The van der Waals surface area contributed by atoms with E-state index in [0.29, 0.717) is 0 Å². The number of carbonyl (C=O) groups excluding carboxylic acids is 1. The van der Waals surface area contributed by atoms with Crippen LogP contribution in [0.2, 0.25) is 0 Å². The molecule has 0 heterocycles. The summed E-state index contributed by atoms with van der Waals surface area (Å²) in [6.45, 7) is 5.40. The quantitative estimate of drug-likeness (QED) is 0.824. The Morgan fingerprint density at radius 3 is 2.50 bits per heavy atom. The first-order valence-electron chi connectivity index (χ1n) is 5.85. The van der Waals surface area contributed by atoms with E-state index in [4.69, 9.17) is 5.26 Å². The minimum atomic E-state index is -0.261. The topological polar surface area (TPSA) is 52.9 Å². The molecule has 0 aliphatic heterocycles. The van der Waals surface area contributed by atoms with Crippen molar-refractivity contribution in [2.24, 2.45) is 5.41 Å². The standard InChI is InChI=1S/C14H18N2OS/c1-11(17)16-12-4-6-13(7-5-12)18-9-8-14(2,3)10-15/h4-7H,8-9H2,1-3H3,(H,16,17). The van der Waals surface area contributed by atoms with Gasteiger partial charge in [0.25, 0.3) is 0 Å². The van der Waals surface area contributed by atoms with Gasteiger partial charge in [-0.05, 0) is 50.3 Å². The maximum atomic E-state index is 10.9. The van der Waals surface area contributed by atoms with E-state index in [1.165, 1.54) is 6.92 Å². The lowest BCUT2D eigenvalue weighted by Gasteiger charge is -2.14. The molecule has 96 valence electrons. The first kappa shape index (κ1) is 14.6. The molecule has 0 saturated heterocycles. The van der Waals surface area contributed by atoms with Crippen LogP contribution >= 0.6 is 11.8 Å². The Morgan fingerprint density at radius 2 is 2.00 bits per heavy atom. The molecule has 0 bridgehead atoms. The van der Waals surface area contributed by atoms with E-state index < -0.39 is 0 Å². The summed E-state index contributed by atoms with van der Waals surface area (Å²) in [5, 5.41) is 11.6. The van der Waals surface area contributed by atoms with E-state index in [1.54, 1.807) is 11.8 Å². The van der Waals surface area contributed by atoms with Gasteiger partial charge in [0.1, 0.15) is 0 Å². The summed E-state index contributed by atoms with van der Waals surface area (Å²) in [6, 6.07) is 10.0. The zero-order valence-corrected chi connectivity index (χ0v) is 11.8. The number of nitrogens with one attached hydrogen (secondary N) is 1. The predicted molar refractivity (Wildman–Crippen MR) is 75.5 cm³/mol. The zero-order chi connectivity index (χ0) is 13.6. The molecule has 1 rings (SSSR count). The third kappa shape index (κ3) is 5.24. The van der Waals surface area contributed by atoms with Crippen LogP contribution in [-0.2, 0) is 4.79 Å². The second-order valence-electron chi connectivity index (χ2n) is 4.80. The van der Waals surface area contributed by atoms with Crippen molar-refractivity contribution in [2.75, 3.05) is 11.1 Å². The Balaban J connectivity index is 2.45. The van der Waals surface area contributed by atoms with E-state index in [0.717, 1.165) is 22.8 Å². The molecule has 0 aliphatic carbocycles. The lowest BCUT2D eigenvalue weighted by molar-refractivity contribution is -0.114. The van der Waals surface area contributed by atoms with Crippen molar-refractivity contribution in [1.29, 1.82) is 5.26 Å². The fourth-order valence-corrected chi connectivity index (χ4v) is 2.49. The molecule has 0 saturated carbocycles. The monoisotopic (exact) mass is 262 g/mol. The Morgan fingerprint density at radius 1 is 1.39 bits per heavy atom. The van der Waals surface area contributed by atoms with Gasteiger partial charge in [-0.1, -0.05) is 0 Å². The maximum absolute atomic E-state index is 10.9. The number of nitrogens with zero attached hydrogens (tertiary/aromatic N) is 1. The molecule has 0 aliphatic rings. The van der Waals surface area contributed by atoms with Gasteiger partial charge in [-0.2, -0.15) is 5.26 Å². The fourth-order valence-electron chi connectivity index (χ4n) is 1.32. The van der Waals surface area contributed by atoms with E-state index in [-0.39, 0.29) is 11.3 Å². The average Bonchev–Trinajstić information content (AvgIpc) is 2.30. The fraction of sp³-hybridized carbons (Fsp3) is 0.429. The normalized spacial score (nSPS) is 10.8. The minimum Gasteiger partial charge on any atom is -0.326 e. The molecule has 4 heteroatoms. The van der Waals surface area contributed by atoms with E-state index in [2.05, 4.69) is 11.4 Å². The molecule has 1 aromatic rings. The van der Waals surface area contributed by atoms with Crippen LogP contribution < -0.4 is 5.32 Å². The summed E-state index contributed by atoms with van der Waals surface area (Å²) in [5.41, 5.74) is 0.549. The highest BCUT2D eigenvalue weighted by molar-refractivity contribution is 7.99.